The summed E-state index contributed by atoms with van der Waals surface area (Å²) in [6, 6.07) is 4.05. The molecule has 18 heavy (non-hydrogen) atoms. The third-order valence-corrected chi connectivity index (χ3v) is 2.21. The second kappa shape index (κ2) is 5.99. The van der Waals surface area contributed by atoms with E-state index in [0.29, 0.717) is 0 Å². The third kappa shape index (κ3) is 3.72. The summed E-state index contributed by atoms with van der Waals surface area (Å²) in [5, 5.41) is 20.1. The minimum absolute atomic E-state index is 0.101. The van der Waals surface area contributed by atoms with Crippen molar-refractivity contribution in [2.45, 2.75) is 6.10 Å². The van der Waals surface area contributed by atoms with Crippen molar-refractivity contribution >= 4 is 17.5 Å². The first kappa shape index (κ1) is 13.9. The molecule has 0 saturated heterocycles. The quantitative estimate of drug-likeness (QED) is 0.404. The first-order valence-electron chi connectivity index (χ1n) is 5.21. The second-order valence-electron chi connectivity index (χ2n) is 3.75. The lowest BCUT2D eigenvalue weighted by atomic mass is 10.1. The first-order chi connectivity index (χ1) is 8.43. The van der Waals surface area contributed by atoms with Gasteiger partial charge in [0.1, 0.15) is 0 Å². The Labute approximate surface area is 103 Å². The van der Waals surface area contributed by atoms with Crippen molar-refractivity contribution in [2.24, 2.45) is 5.73 Å². The van der Waals surface area contributed by atoms with E-state index in [4.69, 9.17) is 21.7 Å². The molecule has 0 radical (unpaired) electrons. The Kier molecular flexibility index (Phi) is 4.64. The molecular formula is C11H15N3O4. The van der Waals surface area contributed by atoms with Crippen LogP contribution in [-0.4, -0.2) is 41.3 Å². The molecule has 0 bridgehead atoms. The summed E-state index contributed by atoms with van der Waals surface area (Å²) in [6.07, 6.45) is -1.04. The van der Waals surface area contributed by atoms with Crippen LogP contribution >= 0.6 is 0 Å². The van der Waals surface area contributed by atoms with E-state index < -0.39 is 24.5 Å². The predicted octanol–water partition coefficient (Wildman–Crippen LogP) is -1.55. The van der Waals surface area contributed by atoms with Crippen LogP contribution in [0.15, 0.2) is 18.2 Å². The molecule has 0 heterocycles. The van der Waals surface area contributed by atoms with E-state index in [2.05, 4.69) is 5.32 Å². The number of anilines is 1. The minimum atomic E-state index is -1.04. The molecule has 7 heteroatoms. The van der Waals surface area contributed by atoms with Gasteiger partial charge in [-0.15, -0.1) is 0 Å². The molecule has 0 unspecified atom stereocenters. The van der Waals surface area contributed by atoms with E-state index in [0.717, 1.165) is 0 Å². The van der Waals surface area contributed by atoms with Crippen molar-refractivity contribution in [3.8, 4) is 0 Å². The van der Waals surface area contributed by atoms with Gasteiger partial charge in [0, 0.05) is 23.4 Å². The number of rotatable bonds is 5. The average molecular weight is 253 g/mol. The number of nitrogens with one attached hydrogen (secondary N) is 1. The van der Waals surface area contributed by atoms with Crippen molar-refractivity contribution in [1.82, 2.24) is 5.32 Å². The summed E-state index contributed by atoms with van der Waals surface area (Å²) in [6.45, 7) is -0.556. The van der Waals surface area contributed by atoms with Crippen LogP contribution in [0.4, 0.5) is 5.69 Å². The molecule has 0 aromatic heterocycles. The zero-order valence-electron chi connectivity index (χ0n) is 9.59. The number of benzene rings is 1. The molecule has 0 aliphatic carbocycles. The zero-order valence-corrected chi connectivity index (χ0v) is 9.59. The maximum atomic E-state index is 11.7. The molecule has 1 rings (SSSR count). The third-order valence-electron chi connectivity index (χ3n) is 2.21. The molecule has 0 aliphatic rings. The molecule has 0 spiro atoms. The van der Waals surface area contributed by atoms with Gasteiger partial charge in [-0.3, -0.25) is 9.59 Å². The van der Waals surface area contributed by atoms with E-state index in [1.807, 2.05) is 0 Å². The number of nitrogens with two attached hydrogens (primary N) is 2. The van der Waals surface area contributed by atoms with Gasteiger partial charge >= 0.3 is 0 Å². The van der Waals surface area contributed by atoms with E-state index in [1.54, 1.807) is 0 Å². The number of hydrogen-bond donors (Lipinski definition) is 5. The standard InChI is InChI=1S/C11H15N3O4/c12-8-2-6(10(13)17)1-7(3-8)11(18)14-4-9(16)5-15/h1-3,9,15-16H,4-5,12H2,(H2,13,17)(H,14,18)/t9-/m0/s1. The van der Waals surface area contributed by atoms with Crippen LogP contribution in [0.25, 0.3) is 0 Å². The zero-order chi connectivity index (χ0) is 13.7. The summed E-state index contributed by atoms with van der Waals surface area (Å²) >= 11 is 0. The fourth-order valence-electron chi connectivity index (χ4n) is 1.30. The van der Waals surface area contributed by atoms with Crippen molar-refractivity contribution in [3.63, 3.8) is 0 Å². The van der Waals surface area contributed by atoms with Gasteiger partial charge in [0.05, 0.1) is 12.7 Å². The molecular weight excluding hydrogens is 238 g/mol. The van der Waals surface area contributed by atoms with E-state index >= 15 is 0 Å². The van der Waals surface area contributed by atoms with Crippen LogP contribution in [0.1, 0.15) is 20.7 Å². The summed E-state index contributed by atoms with van der Waals surface area (Å²) in [4.78, 5) is 22.7. The van der Waals surface area contributed by atoms with Crippen LogP contribution in [-0.2, 0) is 0 Å². The number of carbonyl (C=O) groups is 2. The highest BCUT2D eigenvalue weighted by atomic mass is 16.3. The van der Waals surface area contributed by atoms with Crippen LogP contribution in [0.5, 0.6) is 0 Å². The Morgan fingerprint density at radius 2 is 1.89 bits per heavy atom. The van der Waals surface area contributed by atoms with Crippen molar-refractivity contribution in [1.29, 1.82) is 0 Å². The second-order valence-corrected chi connectivity index (χ2v) is 3.75. The molecule has 0 saturated carbocycles. The smallest absolute Gasteiger partial charge is 0.251 e. The lowest BCUT2D eigenvalue weighted by molar-refractivity contribution is 0.0802. The summed E-state index contributed by atoms with van der Waals surface area (Å²) in [7, 11) is 0. The van der Waals surface area contributed by atoms with Gasteiger partial charge in [0.15, 0.2) is 0 Å². The Hall–Kier alpha value is -2.12. The van der Waals surface area contributed by atoms with Gasteiger partial charge in [0.25, 0.3) is 5.91 Å². The highest BCUT2D eigenvalue weighted by molar-refractivity contribution is 6.00. The number of primary amides is 1. The maximum absolute atomic E-state index is 11.7. The Balaban J connectivity index is 2.82. The van der Waals surface area contributed by atoms with Gasteiger partial charge in [-0.25, -0.2) is 0 Å². The molecule has 0 fully saturated rings. The van der Waals surface area contributed by atoms with Crippen molar-refractivity contribution < 1.29 is 19.8 Å². The molecule has 2 amide bonds. The number of nitrogen functional groups attached to an aromatic ring is 1. The largest absolute Gasteiger partial charge is 0.399 e. The van der Waals surface area contributed by atoms with Crippen LogP contribution in [0, 0.1) is 0 Å². The average Bonchev–Trinajstić information content (AvgIpc) is 2.34. The Morgan fingerprint density at radius 3 is 2.44 bits per heavy atom. The van der Waals surface area contributed by atoms with E-state index in [1.165, 1.54) is 18.2 Å². The van der Waals surface area contributed by atoms with Gasteiger partial charge in [-0.1, -0.05) is 0 Å². The van der Waals surface area contributed by atoms with Crippen LogP contribution < -0.4 is 16.8 Å². The lowest BCUT2D eigenvalue weighted by Crippen LogP contribution is -2.34. The van der Waals surface area contributed by atoms with E-state index in [-0.39, 0.29) is 23.4 Å². The lowest BCUT2D eigenvalue weighted by Gasteiger charge is -2.10. The molecule has 1 aromatic rings. The predicted molar refractivity (Wildman–Crippen MR) is 64.8 cm³/mol. The van der Waals surface area contributed by atoms with Gasteiger partial charge in [-0.2, -0.15) is 0 Å². The Bertz CT molecular complexity index is 462. The fraction of sp³-hybridized carbons (Fsp3) is 0.273. The van der Waals surface area contributed by atoms with Gasteiger partial charge < -0.3 is 27.0 Å². The van der Waals surface area contributed by atoms with Crippen LogP contribution in [0.2, 0.25) is 0 Å². The molecule has 7 nitrogen and oxygen atoms in total. The number of amides is 2. The SMILES string of the molecule is NC(=O)c1cc(N)cc(C(=O)NC[C@H](O)CO)c1. The molecule has 98 valence electrons. The summed E-state index contributed by atoms with van der Waals surface area (Å²) in [5.74, 6) is -1.20. The highest BCUT2D eigenvalue weighted by Crippen LogP contribution is 2.11. The summed E-state index contributed by atoms with van der Waals surface area (Å²) in [5.41, 5.74) is 11.2. The molecule has 0 aliphatic heterocycles. The number of hydrogen-bond acceptors (Lipinski definition) is 5. The van der Waals surface area contributed by atoms with E-state index in [9.17, 15) is 9.59 Å². The number of aliphatic hydroxyl groups is 2. The first-order valence-corrected chi connectivity index (χ1v) is 5.21. The van der Waals surface area contributed by atoms with Gasteiger partial charge in [0.2, 0.25) is 5.91 Å². The summed E-state index contributed by atoms with van der Waals surface area (Å²) < 4.78 is 0. The van der Waals surface area contributed by atoms with Crippen LogP contribution in [0.3, 0.4) is 0 Å². The minimum Gasteiger partial charge on any atom is -0.399 e. The number of carbonyl (C=O) groups excluding carboxylic acids is 2. The normalized spacial score (nSPS) is 11.9. The topological polar surface area (TPSA) is 139 Å². The highest BCUT2D eigenvalue weighted by Gasteiger charge is 2.11. The van der Waals surface area contributed by atoms with Gasteiger partial charge in [-0.05, 0) is 18.2 Å². The molecule has 1 aromatic carbocycles. The van der Waals surface area contributed by atoms with Crippen molar-refractivity contribution in [2.75, 3.05) is 18.9 Å². The molecule has 7 N–H and O–H groups in total. The fourth-order valence-corrected chi connectivity index (χ4v) is 1.30. The molecule has 1 atom stereocenters. The number of aliphatic hydroxyl groups excluding tert-OH is 2. The monoisotopic (exact) mass is 253 g/mol. The Morgan fingerprint density at radius 1 is 1.28 bits per heavy atom. The van der Waals surface area contributed by atoms with Crippen molar-refractivity contribution in [3.05, 3.63) is 29.3 Å². The maximum Gasteiger partial charge on any atom is 0.251 e.